The van der Waals surface area contributed by atoms with Crippen LogP contribution < -0.4 is 5.32 Å². The minimum absolute atomic E-state index is 0. The van der Waals surface area contributed by atoms with Gasteiger partial charge in [0.15, 0.2) is 6.04 Å². The molecule has 1 atom stereocenters. The number of halogens is 1. The molecule has 5 heteroatoms. The maximum absolute atomic E-state index is 13.4. The number of amides is 1. The van der Waals surface area contributed by atoms with Gasteiger partial charge in [-0.05, 0) is 51.0 Å². The van der Waals surface area contributed by atoms with Crippen molar-refractivity contribution in [3.63, 3.8) is 0 Å². The summed E-state index contributed by atoms with van der Waals surface area (Å²) >= 11 is 0. The molecule has 1 saturated heterocycles. The summed E-state index contributed by atoms with van der Waals surface area (Å²) in [4.78, 5) is 12.9. The van der Waals surface area contributed by atoms with Gasteiger partial charge in [0.1, 0.15) is 5.82 Å². The summed E-state index contributed by atoms with van der Waals surface area (Å²) < 4.78 is 14.3. The number of anilines is 1. The standard InChI is InChI=1S/C18H27FN2O.C7H8.Y/c1-5-16(21(6-2)9-7-8-10-21)18(22)20-17-13(3)11-15(19)12-14(17)4;1-7-5-3-2-4-6-7;/h11-12,16H,5-10H2,1-4H3;2-6H,1H3;/p+1. The van der Waals surface area contributed by atoms with Gasteiger partial charge >= 0.3 is 0 Å². The number of hydrogen-bond donors (Lipinski definition) is 1. The smallest absolute Gasteiger partial charge is 0.282 e. The summed E-state index contributed by atoms with van der Waals surface area (Å²) in [6.07, 6.45) is 3.23. The third-order valence-corrected chi connectivity index (χ3v) is 6.12. The predicted octanol–water partition coefficient (Wildman–Crippen LogP) is 5.78. The molecule has 0 spiro atoms. The summed E-state index contributed by atoms with van der Waals surface area (Å²) in [5.74, 6) is -0.180. The van der Waals surface area contributed by atoms with Crippen LogP contribution >= 0.6 is 0 Å². The minimum Gasteiger partial charge on any atom is -0.320 e. The number of benzene rings is 2. The van der Waals surface area contributed by atoms with E-state index in [4.69, 9.17) is 0 Å². The Morgan fingerprint density at radius 2 is 1.57 bits per heavy atom. The molecule has 30 heavy (non-hydrogen) atoms. The first-order valence-electron chi connectivity index (χ1n) is 10.8. The molecule has 1 fully saturated rings. The van der Waals surface area contributed by atoms with Crippen LogP contribution in [0.15, 0.2) is 42.5 Å². The van der Waals surface area contributed by atoms with E-state index in [0.29, 0.717) is 0 Å². The van der Waals surface area contributed by atoms with Crippen molar-refractivity contribution >= 4 is 11.6 Å². The van der Waals surface area contributed by atoms with Crippen LogP contribution in [0.1, 0.15) is 49.8 Å². The monoisotopic (exact) mass is 488 g/mol. The summed E-state index contributed by atoms with van der Waals surface area (Å²) in [5.41, 5.74) is 3.65. The average Bonchev–Trinajstić information content (AvgIpc) is 3.16. The van der Waals surface area contributed by atoms with Crippen molar-refractivity contribution in [3.8, 4) is 0 Å². The zero-order valence-electron chi connectivity index (χ0n) is 19.2. The van der Waals surface area contributed by atoms with Gasteiger partial charge in [0.25, 0.3) is 5.91 Å². The minimum atomic E-state index is -0.253. The zero-order valence-corrected chi connectivity index (χ0v) is 22.0. The van der Waals surface area contributed by atoms with Gasteiger partial charge in [-0.2, -0.15) is 0 Å². The zero-order chi connectivity index (χ0) is 21.4. The molecular formula is C25H36FN2OY+. The second-order valence-electron chi connectivity index (χ2n) is 8.17. The summed E-state index contributed by atoms with van der Waals surface area (Å²) in [6, 6.07) is 13.2. The van der Waals surface area contributed by atoms with Gasteiger partial charge in [0, 0.05) is 57.7 Å². The van der Waals surface area contributed by atoms with E-state index in [1.54, 1.807) is 0 Å². The third kappa shape index (κ3) is 6.97. The molecule has 1 N–H and O–H groups in total. The predicted molar refractivity (Wildman–Crippen MR) is 120 cm³/mol. The number of nitrogens with one attached hydrogen (secondary N) is 1. The van der Waals surface area contributed by atoms with Crippen LogP contribution in [0.3, 0.4) is 0 Å². The number of likely N-dealkylation sites (N-methyl/N-ethyl adjacent to an activating group) is 1. The molecule has 0 aromatic heterocycles. The van der Waals surface area contributed by atoms with Crippen LogP contribution in [-0.4, -0.2) is 36.1 Å². The third-order valence-electron chi connectivity index (χ3n) is 6.12. The quantitative estimate of drug-likeness (QED) is 0.531. The van der Waals surface area contributed by atoms with Gasteiger partial charge in [-0.3, -0.25) is 4.79 Å². The molecule has 161 valence electrons. The molecule has 0 saturated carbocycles. The molecule has 1 radical (unpaired) electrons. The molecular weight excluding hydrogens is 452 g/mol. The molecule has 1 unspecified atom stereocenters. The molecule has 1 heterocycles. The topological polar surface area (TPSA) is 29.1 Å². The van der Waals surface area contributed by atoms with E-state index < -0.39 is 0 Å². The molecule has 1 aliphatic rings. The van der Waals surface area contributed by atoms with Crippen molar-refractivity contribution in [2.45, 2.75) is 59.9 Å². The number of likely N-dealkylation sites (tertiary alicyclic amines) is 1. The number of aryl methyl sites for hydroxylation is 3. The van der Waals surface area contributed by atoms with E-state index in [-0.39, 0.29) is 50.5 Å². The van der Waals surface area contributed by atoms with E-state index in [2.05, 4.69) is 38.2 Å². The van der Waals surface area contributed by atoms with Crippen LogP contribution in [0.5, 0.6) is 0 Å². The molecule has 0 bridgehead atoms. The second-order valence-corrected chi connectivity index (χ2v) is 8.17. The van der Waals surface area contributed by atoms with Crippen LogP contribution in [0.25, 0.3) is 0 Å². The van der Waals surface area contributed by atoms with E-state index in [1.807, 2.05) is 32.0 Å². The number of quaternary nitrogens is 1. The number of carbonyl (C=O) groups is 1. The fraction of sp³-hybridized carbons (Fsp3) is 0.480. The Bertz CT molecular complexity index is 781. The fourth-order valence-corrected chi connectivity index (χ4v) is 4.48. The van der Waals surface area contributed by atoms with E-state index >= 15 is 0 Å². The second kappa shape index (κ2) is 12.7. The molecule has 1 amide bonds. The SMILES string of the molecule is CCC(C(=O)Nc1c(C)cc(F)cc1C)[N+]1(CC)CCCC1.Cc1ccccc1.[Y]. The van der Waals surface area contributed by atoms with Crippen molar-refractivity contribution < 1.29 is 46.4 Å². The first kappa shape index (κ1) is 26.9. The molecule has 0 aliphatic carbocycles. The molecule has 3 nitrogen and oxygen atoms in total. The molecule has 3 rings (SSSR count). The first-order valence-corrected chi connectivity index (χ1v) is 10.8. The molecule has 2 aromatic carbocycles. The molecule has 1 aliphatic heterocycles. The van der Waals surface area contributed by atoms with Gasteiger partial charge < -0.3 is 9.80 Å². The van der Waals surface area contributed by atoms with Gasteiger partial charge in [0.2, 0.25) is 0 Å². The average molecular weight is 488 g/mol. The van der Waals surface area contributed by atoms with Crippen molar-refractivity contribution in [2.75, 3.05) is 25.0 Å². The van der Waals surface area contributed by atoms with Crippen molar-refractivity contribution in [1.82, 2.24) is 0 Å². The first-order chi connectivity index (χ1) is 13.8. The number of carbonyl (C=O) groups excluding carboxylic acids is 1. The summed E-state index contributed by atoms with van der Waals surface area (Å²) in [6.45, 7) is 13.2. The Hall–Kier alpha value is -1.10. The van der Waals surface area contributed by atoms with Crippen LogP contribution in [0, 0.1) is 26.6 Å². The summed E-state index contributed by atoms with van der Waals surface area (Å²) in [5, 5.41) is 3.07. The van der Waals surface area contributed by atoms with Gasteiger partial charge in [-0.1, -0.05) is 42.8 Å². The normalized spacial score (nSPS) is 15.4. The van der Waals surface area contributed by atoms with Crippen molar-refractivity contribution in [3.05, 3.63) is 65.0 Å². The van der Waals surface area contributed by atoms with Crippen LogP contribution in [-0.2, 0) is 37.5 Å². The van der Waals surface area contributed by atoms with Gasteiger partial charge in [0.05, 0.1) is 19.6 Å². The fourth-order valence-electron chi connectivity index (χ4n) is 4.48. The van der Waals surface area contributed by atoms with Crippen LogP contribution in [0.4, 0.5) is 10.1 Å². The van der Waals surface area contributed by atoms with E-state index in [0.717, 1.165) is 47.4 Å². The number of rotatable bonds is 5. The Labute approximate surface area is 206 Å². The number of hydrogen-bond acceptors (Lipinski definition) is 1. The Balaban J connectivity index is 0.000000477. The Morgan fingerprint density at radius 3 is 1.97 bits per heavy atom. The maximum atomic E-state index is 13.4. The van der Waals surface area contributed by atoms with Crippen molar-refractivity contribution in [1.29, 1.82) is 0 Å². The molecule has 2 aromatic rings. The Kier molecular flexibility index (Phi) is 11.4. The Morgan fingerprint density at radius 1 is 1.03 bits per heavy atom. The van der Waals surface area contributed by atoms with E-state index in [1.165, 1.54) is 30.5 Å². The van der Waals surface area contributed by atoms with E-state index in [9.17, 15) is 9.18 Å². The maximum Gasteiger partial charge on any atom is 0.282 e. The van der Waals surface area contributed by atoms with Gasteiger partial charge in [-0.25, -0.2) is 4.39 Å². The van der Waals surface area contributed by atoms with Crippen LogP contribution in [0.2, 0.25) is 0 Å². The van der Waals surface area contributed by atoms with Crippen molar-refractivity contribution in [2.24, 2.45) is 0 Å². The summed E-state index contributed by atoms with van der Waals surface area (Å²) in [7, 11) is 0. The van der Waals surface area contributed by atoms with Gasteiger partial charge in [-0.15, -0.1) is 0 Å². The largest absolute Gasteiger partial charge is 0.320 e. The number of nitrogens with zero attached hydrogens (tertiary/aromatic N) is 1.